The number of carbonyl (C=O) groups excluding carboxylic acids is 1. The van der Waals surface area contributed by atoms with E-state index in [1.165, 1.54) is 0 Å². The molecular weight excluding hydrogens is 240 g/mol. The number of ketones is 1. The molecule has 100 valence electrons. The van der Waals surface area contributed by atoms with Gasteiger partial charge in [0, 0.05) is 23.8 Å². The summed E-state index contributed by atoms with van der Waals surface area (Å²) in [6.45, 7) is 6.30. The highest BCUT2D eigenvalue weighted by Crippen LogP contribution is 2.58. The number of Topliss-reactive ketones (excluding diaryl/α,β-unsaturated/α-hetero) is 1. The van der Waals surface area contributed by atoms with E-state index in [0.717, 1.165) is 29.0 Å². The van der Waals surface area contributed by atoms with Gasteiger partial charge in [-0.15, -0.1) is 0 Å². The van der Waals surface area contributed by atoms with Crippen molar-refractivity contribution < 1.29 is 14.3 Å². The van der Waals surface area contributed by atoms with E-state index in [2.05, 4.69) is 19.9 Å². The second-order valence-corrected chi connectivity index (χ2v) is 6.56. The second-order valence-electron chi connectivity index (χ2n) is 6.56. The molecule has 3 aliphatic rings. The first-order chi connectivity index (χ1) is 8.97. The van der Waals surface area contributed by atoms with Crippen LogP contribution in [0.5, 0.6) is 11.5 Å². The van der Waals surface area contributed by atoms with E-state index in [9.17, 15) is 4.79 Å². The molecule has 2 heterocycles. The Bertz CT molecular complexity index is 588. The zero-order chi connectivity index (χ0) is 13.4. The Morgan fingerprint density at radius 1 is 1.26 bits per heavy atom. The highest BCUT2D eigenvalue weighted by Gasteiger charge is 2.56. The van der Waals surface area contributed by atoms with Crippen molar-refractivity contribution in [1.29, 1.82) is 0 Å². The summed E-state index contributed by atoms with van der Waals surface area (Å²) in [6, 6.07) is 4.10. The fraction of sp³-hybridized carbons (Fsp3) is 0.562. The zero-order valence-corrected chi connectivity index (χ0v) is 11.5. The maximum Gasteiger partial charge on any atom is 0.173 e. The molecule has 1 aromatic rings. The van der Waals surface area contributed by atoms with Crippen LogP contribution in [0.4, 0.5) is 0 Å². The standard InChI is InChI=1S/C16H18O3/c1-8-6-11-14-12(7-8)19-16(2,3)9-4-5-10(17)15(18-11)13(9)14/h6-7,9,13,15H,4-5H2,1-3H3/t9-,13+,15+/m1/s1. The predicted octanol–water partition coefficient (Wildman–Crippen LogP) is 2.99. The van der Waals surface area contributed by atoms with Gasteiger partial charge in [-0.3, -0.25) is 4.79 Å². The summed E-state index contributed by atoms with van der Waals surface area (Å²) in [4.78, 5) is 12.2. The van der Waals surface area contributed by atoms with Gasteiger partial charge in [0.1, 0.15) is 17.1 Å². The lowest BCUT2D eigenvalue weighted by Crippen LogP contribution is -2.51. The van der Waals surface area contributed by atoms with Crippen molar-refractivity contribution in [2.45, 2.75) is 51.2 Å². The van der Waals surface area contributed by atoms with Gasteiger partial charge in [-0.05, 0) is 44.9 Å². The number of rotatable bonds is 0. The summed E-state index contributed by atoms with van der Waals surface area (Å²) in [5.41, 5.74) is 2.03. The van der Waals surface area contributed by atoms with Gasteiger partial charge in [0.15, 0.2) is 11.9 Å². The van der Waals surface area contributed by atoms with Gasteiger partial charge in [0.2, 0.25) is 0 Å². The van der Waals surface area contributed by atoms with E-state index in [4.69, 9.17) is 9.47 Å². The number of hydrogen-bond donors (Lipinski definition) is 0. The Balaban J connectivity index is 1.96. The minimum absolute atomic E-state index is 0.190. The molecule has 0 spiro atoms. The van der Waals surface area contributed by atoms with Crippen LogP contribution in [0.2, 0.25) is 0 Å². The van der Waals surface area contributed by atoms with Crippen LogP contribution >= 0.6 is 0 Å². The van der Waals surface area contributed by atoms with Crippen molar-refractivity contribution in [2.24, 2.45) is 5.92 Å². The van der Waals surface area contributed by atoms with Crippen molar-refractivity contribution in [3.63, 3.8) is 0 Å². The number of carbonyl (C=O) groups is 1. The number of ether oxygens (including phenoxy) is 2. The molecule has 0 radical (unpaired) electrons. The van der Waals surface area contributed by atoms with E-state index in [1.54, 1.807) is 0 Å². The normalized spacial score (nSPS) is 33.4. The molecule has 0 amide bonds. The van der Waals surface area contributed by atoms with Crippen LogP contribution in [0.25, 0.3) is 0 Å². The van der Waals surface area contributed by atoms with Crippen molar-refractivity contribution in [1.82, 2.24) is 0 Å². The first kappa shape index (κ1) is 11.3. The molecule has 3 nitrogen and oxygen atoms in total. The van der Waals surface area contributed by atoms with Crippen molar-refractivity contribution in [3.8, 4) is 11.5 Å². The lowest BCUT2D eigenvalue weighted by molar-refractivity contribution is -0.132. The average molecular weight is 258 g/mol. The lowest BCUT2D eigenvalue weighted by Gasteiger charge is -2.46. The quantitative estimate of drug-likeness (QED) is 0.717. The Hall–Kier alpha value is -1.51. The first-order valence-electron chi connectivity index (χ1n) is 7.00. The van der Waals surface area contributed by atoms with Crippen molar-refractivity contribution in [2.75, 3.05) is 0 Å². The van der Waals surface area contributed by atoms with Crippen LogP contribution < -0.4 is 9.47 Å². The van der Waals surface area contributed by atoms with Gasteiger partial charge in [-0.2, -0.15) is 0 Å². The first-order valence-corrected chi connectivity index (χ1v) is 7.00. The molecule has 1 fully saturated rings. The topological polar surface area (TPSA) is 35.5 Å². The van der Waals surface area contributed by atoms with Crippen molar-refractivity contribution in [3.05, 3.63) is 23.3 Å². The third kappa shape index (κ3) is 1.36. The summed E-state index contributed by atoms with van der Waals surface area (Å²) >= 11 is 0. The highest BCUT2D eigenvalue weighted by molar-refractivity contribution is 5.87. The molecule has 4 rings (SSSR count). The molecule has 1 aromatic carbocycles. The van der Waals surface area contributed by atoms with Crippen molar-refractivity contribution >= 4 is 5.78 Å². The van der Waals surface area contributed by atoms with Gasteiger partial charge in [0.05, 0.1) is 0 Å². The number of hydrogen-bond acceptors (Lipinski definition) is 3. The van der Waals surface area contributed by atoms with Gasteiger partial charge in [0.25, 0.3) is 0 Å². The third-order valence-electron chi connectivity index (χ3n) is 4.88. The van der Waals surface area contributed by atoms with Gasteiger partial charge < -0.3 is 9.47 Å². The maximum absolute atomic E-state index is 12.2. The molecule has 0 N–H and O–H groups in total. The van der Waals surface area contributed by atoms with Crippen LogP contribution in [0.15, 0.2) is 12.1 Å². The summed E-state index contributed by atoms with van der Waals surface area (Å²) < 4.78 is 12.2. The Labute approximate surface area is 112 Å². The Morgan fingerprint density at radius 3 is 2.79 bits per heavy atom. The maximum atomic E-state index is 12.2. The molecule has 0 aromatic heterocycles. The minimum Gasteiger partial charge on any atom is -0.487 e. The smallest absolute Gasteiger partial charge is 0.173 e. The average Bonchev–Trinajstić information content (AvgIpc) is 2.67. The third-order valence-corrected chi connectivity index (χ3v) is 4.88. The molecule has 2 aliphatic heterocycles. The van der Waals surface area contributed by atoms with Gasteiger partial charge >= 0.3 is 0 Å². The SMILES string of the molecule is Cc1cc2c3c(c1)OC(C)(C)[C@@H]1CCC(=O)[C@H](O2)[C@H]31. The Morgan fingerprint density at radius 2 is 2.00 bits per heavy atom. The fourth-order valence-corrected chi connectivity index (χ4v) is 4.04. The molecule has 3 atom stereocenters. The van der Waals surface area contributed by atoms with E-state index in [1.807, 2.05) is 13.0 Å². The second kappa shape index (κ2) is 3.33. The molecule has 3 heteroatoms. The molecule has 0 saturated heterocycles. The summed E-state index contributed by atoms with van der Waals surface area (Å²) in [5.74, 6) is 2.58. The van der Waals surface area contributed by atoms with Crippen LogP contribution in [0, 0.1) is 12.8 Å². The molecule has 0 bridgehead atoms. The molecule has 1 aliphatic carbocycles. The minimum atomic E-state index is -0.280. The fourth-order valence-electron chi connectivity index (χ4n) is 4.04. The number of aryl methyl sites for hydroxylation is 1. The molecule has 19 heavy (non-hydrogen) atoms. The summed E-state index contributed by atoms with van der Waals surface area (Å²) in [6.07, 6.45) is 1.24. The van der Waals surface area contributed by atoms with Crippen LogP contribution in [0.3, 0.4) is 0 Å². The highest BCUT2D eigenvalue weighted by atomic mass is 16.5. The summed E-state index contributed by atoms with van der Waals surface area (Å²) in [7, 11) is 0. The molecule has 1 saturated carbocycles. The van der Waals surface area contributed by atoms with Crippen LogP contribution in [0.1, 0.15) is 43.7 Å². The van der Waals surface area contributed by atoms with Gasteiger partial charge in [-0.25, -0.2) is 0 Å². The predicted molar refractivity (Wildman–Crippen MR) is 70.8 cm³/mol. The largest absolute Gasteiger partial charge is 0.487 e. The van der Waals surface area contributed by atoms with E-state index < -0.39 is 0 Å². The Kier molecular flexibility index (Phi) is 1.98. The van der Waals surface area contributed by atoms with E-state index >= 15 is 0 Å². The van der Waals surface area contributed by atoms with Crippen LogP contribution in [-0.2, 0) is 4.79 Å². The summed E-state index contributed by atoms with van der Waals surface area (Å²) in [5, 5.41) is 0. The van der Waals surface area contributed by atoms with Crippen LogP contribution in [-0.4, -0.2) is 17.5 Å². The monoisotopic (exact) mass is 258 g/mol. The zero-order valence-electron chi connectivity index (χ0n) is 11.5. The van der Waals surface area contributed by atoms with Gasteiger partial charge in [-0.1, -0.05) is 0 Å². The lowest BCUT2D eigenvalue weighted by atomic mass is 9.66. The molecule has 0 unspecified atom stereocenters. The molecular formula is C16H18O3. The van der Waals surface area contributed by atoms with E-state index in [-0.39, 0.29) is 23.4 Å². The number of benzene rings is 1. The van der Waals surface area contributed by atoms with E-state index in [0.29, 0.717) is 12.3 Å².